The lowest BCUT2D eigenvalue weighted by molar-refractivity contribution is -0.132. The molecule has 0 fully saturated rings. The highest BCUT2D eigenvalue weighted by atomic mass is 35.5. The van der Waals surface area contributed by atoms with Gasteiger partial charge in [0.05, 0.1) is 6.61 Å². The van der Waals surface area contributed by atoms with Gasteiger partial charge in [-0.15, -0.1) is 12.4 Å². The second-order valence-electron chi connectivity index (χ2n) is 6.22. The van der Waals surface area contributed by atoms with Gasteiger partial charge in [0.1, 0.15) is 0 Å². The van der Waals surface area contributed by atoms with E-state index in [1.165, 1.54) is 0 Å². The van der Waals surface area contributed by atoms with Crippen LogP contribution in [-0.4, -0.2) is 37.9 Å². The average Bonchev–Trinajstić information content (AvgIpc) is 3.13. The molecule has 0 bridgehead atoms. The number of nitrogens with two attached hydrogens (primary N) is 1. The predicted molar refractivity (Wildman–Crippen MR) is 105 cm³/mol. The number of nitrogens with zero attached hydrogens (tertiary/aromatic N) is 1. The molecule has 0 aliphatic carbocycles. The van der Waals surface area contributed by atoms with E-state index >= 15 is 0 Å². The molecule has 6 nitrogen and oxygen atoms in total. The molecule has 0 spiro atoms. The summed E-state index contributed by atoms with van der Waals surface area (Å²) < 4.78 is 15.9. The zero-order valence-corrected chi connectivity index (χ0v) is 16.1. The molecule has 0 aromatic heterocycles. The van der Waals surface area contributed by atoms with Crippen LogP contribution in [0.3, 0.4) is 0 Å². The minimum atomic E-state index is -0.328. The predicted octanol–water partition coefficient (Wildman–Crippen LogP) is 2.90. The van der Waals surface area contributed by atoms with E-state index in [9.17, 15) is 4.79 Å². The maximum Gasteiger partial charge on any atom is 0.231 e. The molecule has 0 saturated heterocycles. The molecule has 1 unspecified atom stereocenters. The molecule has 146 valence electrons. The van der Waals surface area contributed by atoms with E-state index in [1.807, 2.05) is 48.5 Å². The number of rotatable bonds is 8. The lowest BCUT2D eigenvalue weighted by Gasteiger charge is -2.24. The van der Waals surface area contributed by atoms with Crippen LogP contribution in [0.25, 0.3) is 0 Å². The monoisotopic (exact) mass is 392 g/mol. The number of benzene rings is 2. The van der Waals surface area contributed by atoms with E-state index in [2.05, 4.69) is 0 Å². The Morgan fingerprint density at radius 2 is 1.93 bits per heavy atom. The van der Waals surface area contributed by atoms with Crippen LogP contribution < -0.4 is 15.2 Å². The van der Waals surface area contributed by atoms with Crippen LogP contribution in [-0.2, 0) is 16.1 Å². The summed E-state index contributed by atoms with van der Waals surface area (Å²) in [6.45, 7) is 1.68. The maximum atomic E-state index is 12.8. The number of carbonyl (C=O) groups is 1. The van der Waals surface area contributed by atoms with E-state index < -0.39 is 0 Å². The Labute approximate surface area is 165 Å². The number of hydrogen-bond acceptors (Lipinski definition) is 5. The Balaban J connectivity index is 0.00000261. The van der Waals surface area contributed by atoms with Crippen molar-refractivity contribution < 1.29 is 19.0 Å². The molecule has 7 heteroatoms. The van der Waals surface area contributed by atoms with Gasteiger partial charge < -0.3 is 24.8 Å². The smallest absolute Gasteiger partial charge is 0.231 e. The van der Waals surface area contributed by atoms with Crippen molar-refractivity contribution >= 4 is 18.3 Å². The fourth-order valence-corrected chi connectivity index (χ4v) is 2.89. The van der Waals surface area contributed by atoms with E-state index in [4.69, 9.17) is 19.9 Å². The van der Waals surface area contributed by atoms with Gasteiger partial charge in [-0.25, -0.2) is 0 Å². The second kappa shape index (κ2) is 10.2. The Hall–Kier alpha value is -2.28. The van der Waals surface area contributed by atoms with E-state index in [1.54, 1.807) is 12.0 Å². The quantitative estimate of drug-likeness (QED) is 0.747. The van der Waals surface area contributed by atoms with Crippen molar-refractivity contribution in [2.75, 3.05) is 27.1 Å². The minimum Gasteiger partial charge on any atom is -0.454 e. The lowest BCUT2D eigenvalue weighted by Crippen LogP contribution is -2.35. The van der Waals surface area contributed by atoms with Crippen molar-refractivity contribution in [2.45, 2.75) is 19.0 Å². The van der Waals surface area contributed by atoms with Gasteiger partial charge in [-0.1, -0.05) is 36.4 Å². The number of methoxy groups -OCH3 is 1. The van der Waals surface area contributed by atoms with Gasteiger partial charge in [0, 0.05) is 32.7 Å². The van der Waals surface area contributed by atoms with Crippen LogP contribution in [0.2, 0.25) is 0 Å². The standard InChI is InChI=1S/C20H24N2O4.ClH/c1-24-10-9-22(13-15-7-8-18-19(11-15)26-14-25-18)20(23)12-17(21)16-5-3-2-4-6-16;/h2-8,11,17H,9-10,12-14,21H2,1H3;1H. The maximum absolute atomic E-state index is 12.8. The average molecular weight is 393 g/mol. The molecule has 1 amide bonds. The lowest BCUT2D eigenvalue weighted by atomic mass is 10.0. The van der Waals surface area contributed by atoms with Crippen molar-refractivity contribution in [3.63, 3.8) is 0 Å². The SMILES string of the molecule is COCCN(Cc1ccc2c(c1)OCO2)C(=O)CC(N)c1ccccc1.Cl. The highest BCUT2D eigenvalue weighted by Gasteiger charge is 2.20. The molecule has 2 aromatic rings. The first-order chi connectivity index (χ1) is 12.7. The molecule has 2 N–H and O–H groups in total. The Morgan fingerprint density at radius 3 is 2.67 bits per heavy atom. The summed E-state index contributed by atoms with van der Waals surface area (Å²) >= 11 is 0. The van der Waals surface area contributed by atoms with Crippen LogP contribution in [0.15, 0.2) is 48.5 Å². The van der Waals surface area contributed by atoms with E-state index in [0.29, 0.717) is 25.4 Å². The van der Waals surface area contributed by atoms with Gasteiger partial charge in [-0.3, -0.25) is 4.79 Å². The molecule has 1 aliphatic rings. The molecule has 1 atom stereocenters. The highest BCUT2D eigenvalue weighted by Crippen LogP contribution is 2.32. The largest absolute Gasteiger partial charge is 0.454 e. The van der Waals surface area contributed by atoms with Crippen LogP contribution >= 0.6 is 12.4 Å². The van der Waals surface area contributed by atoms with Crippen molar-refractivity contribution in [3.8, 4) is 11.5 Å². The number of fused-ring (bicyclic) bond motifs is 1. The summed E-state index contributed by atoms with van der Waals surface area (Å²) in [6, 6.07) is 15.1. The van der Waals surface area contributed by atoms with Crippen molar-refractivity contribution in [1.29, 1.82) is 0 Å². The van der Waals surface area contributed by atoms with Gasteiger partial charge in [0.25, 0.3) is 0 Å². The summed E-state index contributed by atoms with van der Waals surface area (Å²) in [6.07, 6.45) is 0.248. The number of ether oxygens (including phenoxy) is 3. The topological polar surface area (TPSA) is 74.0 Å². The van der Waals surface area contributed by atoms with Crippen LogP contribution in [0.1, 0.15) is 23.6 Å². The normalized spacial score (nSPS) is 13.0. The first-order valence-corrected chi connectivity index (χ1v) is 8.63. The molecular formula is C20H25ClN2O4. The first kappa shape index (κ1) is 21.0. The third-order valence-electron chi connectivity index (χ3n) is 4.35. The van der Waals surface area contributed by atoms with E-state index in [-0.39, 0.29) is 37.6 Å². The fourth-order valence-electron chi connectivity index (χ4n) is 2.89. The van der Waals surface area contributed by atoms with Gasteiger partial charge in [-0.2, -0.15) is 0 Å². The summed E-state index contributed by atoms with van der Waals surface area (Å²) in [5, 5.41) is 0. The second-order valence-corrected chi connectivity index (χ2v) is 6.22. The van der Waals surface area contributed by atoms with Gasteiger partial charge in [-0.05, 0) is 23.3 Å². The van der Waals surface area contributed by atoms with Gasteiger partial charge in [0.2, 0.25) is 12.7 Å². The molecule has 3 rings (SSSR count). The fraction of sp³-hybridized carbons (Fsp3) is 0.350. The zero-order chi connectivity index (χ0) is 18.4. The zero-order valence-electron chi connectivity index (χ0n) is 15.3. The summed E-state index contributed by atoms with van der Waals surface area (Å²) in [5.41, 5.74) is 8.15. The van der Waals surface area contributed by atoms with Crippen molar-refractivity contribution in [3.05, 3.63) is 59.7 Å². The van der Waals surface area contributed by atoms with Gasteiger partial charge in [0.15, 0.2) is 11.5 Å². The number of halogens is 1. The molecule has 0 radical (unpaired) electrons. The Morgan fingerprint density at radius 1 is 1.19 bits per heavy atom. The molecule has 2 aromatic carbocycles. The summed E-state index contributed by atoms with van der Waals surface area (Å²) in [7, 11) is 1.62. The van der Waals surface area contributed by atoms with Crippen molar-refractivity contribution in [2.24, 2.45) is 5.73 Å². The number of hydrogen-bond donors (Lipinski definition) is 1. The third-order valence-corrected chi connectivity index (χ3v) is 4.35. The number of amides is 1. The summed E-state index contributed by atoms with van der Waals surface area (Å²) in [5.74, 6) is 1.44. The summed E-state index contributed by atoms with van der Waals surface area (Å²) in [4.78, 5) is 14.6. The van der Waals surface area contributed by atoms with Crippen LogP contribution in [0, 0.1) is 0 Å². The molecule has 27 heavy (non-hydrogen) atoms. The van der Waals surface area contributed by atoms with Crippen LogP contribution in [0.4, 0.5) is 0 Å². The molecular weight excluding hydrogens is 368 g/mol. The van der Waals surface area contributed by atoms with Crippen LogP contribution in [0.5, 0.6) is 11.5 Å². The molecule has 1 aliphatic heterocycles. The van der Waals surface area contributed by atoms with Crippen molar-refractivity contribution in [1.82, 2.24) is 4.90 Å². The first-order valence-electron chi connectivity index (χ1n) is 8.63. The van der Waals surface area contributed by atoms with E-state index in [0.717, 1.165) is 16.9 Å². The Kier molecular flexibility index (Phi) is 7.91. The number of carbonyl (C=O) groups excluding carboxylic acids is 1. The Bertz CT molecular complexity index is 742. The minimum absolute atomic E-state index is 0. The third kappa shape index (κ3) is 5.60. The molecule has 1 heterocycles. The highest BCUT2D eigenvalue weighted by molar-refractivity contribution is 5.85. The molecule has 0 saturated carbocycles. The van der Waals surface area contributed by atoms with Gasteiger partial charge >= 0.3 is 0 Å².